The van der Waals surface area contributed by atoms with Crippen molar-refractivity contribution >= 4 is 17.2 Å². The van der Waals surface area contributed by atoms with Gasteiger partial charge in [0.25, 0.3) is 0 Å². The van der Waals surface area contributed by atoms with E-state index in [-0.39, 0.29) is 0 Å². The molecule has 0 amide bonds. The molecule has 2 aromatic heterocycles. The van der Waals surface area contributed by atoms with Crippen molar-refractivity contribution in [2.24, 2.45) is 0 Å². The number of nitrogens with one attached hydrogen (secondary N) is 1. The Labute approximate surface area is 112 Å². The first-order valence-corrected chi connectivity index (χ1v) is 7.19. The van der Waals surface area contributed by atoms with Crippen molar-refractivity contribution in [1.82, 2.24) is 9.97 Å². The lowest BCUT2D eigenvalue weighted by Gasteiger charge is -2.08. The van der Waals surface area contributed by atoms with E-state index in [0.717, 1.165) is 24.5 Å². The van der Waals surface area contributed by atoms with Crippen LogP contribution >= 0.6 is 11.3 Å². The Morgan fingerprint density at radius 2 is 2.17 bits per heavy atom. The fraction of sp³-hybridized carbons (Fsp3) is 0.429. The molecule has 2 rings (SSSR count). The van der Waals surface area contributed by atoms with Gasteiger partial charge in [0.05, 0.1) is 6.54 Å². The fourth-order valence-electron chi connectivity index (χ4n) is 1.79. The molecule has 0 saturated heterocycles. The predicted molar refractivity (Wildman–Crippen MR) is 77.1 cm³/mol. The summed E-state index contributed by atoms with van der Waals surface area (Å²) in [5, 5.41) is 5.52. The molecule has 0 bridgehead atoms. The maximum atomic E-state index is 4.27. The van der Waals surface area contributed by atoms with Crippen LogP contribution in [0.2, 0.25) is 0 Å². The molecule has 1 N–H and O–H groups in total. The summed E-state index contributed by atoms with van der Waals surface area (Å²) >= 11 is 1.80. The Morgan fingerprint density at radius 3 is 2.89 bits per heavy atom. The monoisotopic (exact) mass is 261 g/mol. The Bertz CT molecular complexity index is 505. The third-order valence-corrected chi connectivity index (χ3v) is 3.89. The van der Waals surface area contributed by atoms with Gasteiger partial charge in [-0.25, -0.2) is 9.97 Å². The van der Waals surface area contributed by atoms with Crippen LogP contribution in [0.15, 0.2) is 23.8 Å². The van der Waals surface area contributed by atoms with E-state index >= 15 is 0 Å². The number of nitrogens with zero attached hydrogens (tertiary/aromatic N) is 2. The summed E-state index contributed by atoms with van der Waals surface area (Å²) < 4.78 is 0. The summed E-state index contributed by atoms with van der Waals surface area (Å²) in [6, 6.07) is 4.23. The summed E-state index contributed by atoms with van der Waals surface area (Å²) in [5.41, 5.74) is 2.50. The Balaban J connectivity index is 2.04. The lowest BCUT2D eigenvalue weighted by atomic mass is 10.1. The van der Waals surface area contributed by atoms with Crippen molar-refractivity contribution in [3.05, 3.63) is 40.0 Å². The number of aryl methyl sites for hydroxylation is 1. The van der Waals surface area contributed by atoms with Crippen LogP contribution in [0.1, 0.15) is 42.8 Å². The van der Waals surface area contributed by atoms with Crippen LogP contribution < -0.4 is 5.32 Å². The van der Waals surface area contributed by atoms with E-state index in [1.165, 1.54) is 10.4 Å². The molecule has 2 aromatic rings. The van der Waals surface area contributed by atoms with E-state index < -0.39 is 0 Å². The van der Waals surface area contributed by atoms with Gasteiger partial charge in [0.2, 0.25) is 0 Å². The summed E-state index contributed by atoms with van der Waals surface area (Å²) in [6.07, 6.45) is 2.72. The quantitative estimate of drug-likeness (QED) is 0.888. The van der Waals surface area contributed by atoms with Gasteiger partial charge < -0.3 is 5.32 Å². The highest BCUT2D eigenvalue weighted by Crippen LogP contribution is 2.19. The van der Waals surface area contributed by atoms with Crippen LogP contribution in [0.4, 0.5) is 5.82 Å². The van der Waals surface area contributed by atoms with Crippen molar-refractivity contribution < 1.29 is 0 Å². The Morgan fingerprint density at radius 1 is 1.33 bits per heavy atom. The van der Waals surface area contributed by atoms with E-state index in [1.807, 2.05) is 6.07 Å². The van der Waals surface area contributed by atoms with E-state index in [2.05, 4.69) is 47.5 Å². The van der Waals surface area contributed by atoms with Gasteiger partial charge in [-0.15, -0.1) is 11.3 Å². The topological polar surface area (TPSA) is 37.8 Å². The molecule has 18 heavy (non-hydrogen) atoms. The molecule has 0 aromatic carbocycles. The second kappa shape index (κ2) is 5.96. The van der Waals surface area contributed by atoms with Crippen LogP contribution in [0, 0.1) is 0 Å². The number of hydrogen-bond donors (Lipinski definition) is 1. The molecule has 4 heteroatoms. The van der Waals surface area contributed by atoms with Crippen LogP contribution in [0.5, 0.6) is 0 Å². The molecule has 0 radical (unpaired) electrons. The molecule has 0 unspecified atom stereocenters. The fourth-order valence-corrected chi connectivity index (χ4v) is 2.71. The van der Waals surface area contributed by atoms with E-state index in [1.54, 1.807) is 17.7 Å². The summed E-state index contributed by atoms with van der Waals surface area (Å²) in [7, 11) is 0. The molecule has 2 heterocycles. The van der Waals surface area contributed by atoms with Gasteiger partial charge >= 0.3 is 0 Å². The third-order valence-electron chi connectivity index (χ3n) is 2.93. The first-order chi connectivity index (χ1) is 8.70. The molecule has 0 aliphatic rings. The molecular formula is C14H19N3S. The predicted octanol–water partition coefficient (Wildman–Crippen LogP) is 3.84. The van der Waals surface area contributed by atoms with Crippen LogP contribution in [0.3, 0.4) is 0 Å². The molecule has 0 fully saturated rings. The minimum atomic E-state index is 0.432. The number of thiophene rings is 1. The van der Waals surface area contributed by atoms with Gasteiger partial charge in [0.1, 0.15) is 12.1 Å². The zero-order valence-corrected chi connectivity index (χ0v) is 11.9. The largest absolute Gasteiger partial charge is 0.365 e. The van der Waals surface area contributed by atoms with Crippen molar-refractivity contribution in [3.63, 3.8) is 0 Å². The van der Waals surface area contributed by atoms with E-state index in [9.17, 15) is 0 Å². The number of hydrogen-bond acceptors (Lipinski definition) is 4. The molecule has 3 nitrogen and oxygen atoms in total. The average Bonchev–Trinajstić information content (AvgIpc) is 2.84. The first-order valence-electron chi connectivity index (χ1n) is 6.31. The zero-order chi connectivity index (χ0) is 13.0. The van der Waals surface area contributed by atoms with Crippen LogP contribution in [-0.2, 0) is 13.0 Å². The SMILES string of the molecule is CCc1ccsc1CNc1cc(C(C)C)ncn1. The van der Waals surface area contributed by atoms with Gasteiger partial charge in [-0.3, -0.25) is 0 Å². The second-order valence-corrected chi connectivity index (χ2v) is 5.56. The minimum Gasteiger partial charge on any atom is -0.365 e. The van der Waals surface area contributed by atoms with E-state index in [4.69, 9.17) is 0 Å². The van der Waals surface area contributed by atoms with Gasteiger partial charge in [0, 0.05) is 16.6 Å². The molecule has 0 spiro atoms. The third kappa shape index (κ3) is 3.07. The van der Waals surface area contributed by atoms with Crippen molar-refractivity contribution in [2.45, 2.75) is 39.7 Å². The van der Waals surface area contributed by atoms with Gasteiger partial charge in [-0.05, 0) is 29.3 Å². The summed E-state index contributed by atoms with van der Waals surface area (Å²) in [6.45, 7) is 7.31. The maximum absolute atomic E-state index is 4.27. The maximum Gasteiger partial charge on any atom is 0.129 e. The average molecular weight is 261 g/mol. The number of anilines is 1. The highest BCUT2D eigenvalue weighted by molar-refractivity contribution is 7.10. The highest BCUT2D eigenvalue weighted by Gasteiger charge is 2.05. The van der Waals surface area contributed by atoms with Crippen LogP contribution in [0.25, 0.3) is 0 Å². The molecule has 96 valence electrons. The molecule has 0 atom stereocenters. The van der Waals surface area contributed by atoms with Gasteiger partial charge in [-0.2, -0.15) is 0 Å². The number of aromatic nitrogens is 2. The van der Waals surface area contributed by atoms with Crippen molar-refractivity contribution in [2.75, 3.05) is 5.32 Å². The Hall–Kier alpha value is -1.42. The molecule has 0 aliphatic carbocycles. The highest BCUT2D eigenvalue weighted by atomic mass is 32.1. The van der Waals surface area contributed by atoms with Crippen molar-refractivity contribution in [1.29, 1.82) is 0 Å². The minimum absolute atomic E-state index is 0.432. The first kappa shape index (κ1) is 13.0. The van der Waals surface area contributed by atoms with Crippen molar-refractivity contribution in [3.8, 4) is 0 Å². The summed E-state index contributed by atoms with van der Waals surface area (Å²) in [4.78, 5) is 9.92. The molecular weight excluding hydrogens is 242 g/mol. The Kier molecular flexibility index (Phi) is 4.31. The standard InChI is InChI=1S/C14H19N3S/c1-4-11-5-6-18-13(11)8-15-14-7-12(10(2)3)16-9-17-14/h5-7,9-10H,4,8H2,1-3H3,(H,15,16,17). The van der Waals surface area contributed by atoms with Crippen LogP contribution in [-0.4, -0.2) is 9.97 Å². The van der Waals surface area contributed by atoms with Gasteiger partial charge in [-0.1, -0.05) is 20.8 Å². The lowest BCUT2D eigenvalue weighted by Crippen LogP contribution is -2.03. The molecule has 0 saturated carbocycles. The van der Waals surface area contributed by atoms with E-state index in [0.29, 0.717) is 5.92 Å². The van der Waals surface area contributed by atoms with Gasteiger partial charge in [0.15, 0.2) is 0 Å². The lowest BCUT2D eigenvalue weighted by molar-refractivity contribution is 0.814. The molecule has 0 aliphatic heterocycles. The second-order valence-electron chi connectivity index (χ2n) is 4.56. The summed E-state index contributed by atoms with van der Waals surface area (Å²) in [5.74, 6) is 1.34. The normalized spacial score (nSPS) is 10.9. The smallest absolute Gasteiger partial charge is 0.129 e. The number of rotatable bonds is 5. The zero-order valence-electron chi connectivity index (χ0n) is 11.1.